The molecule has 3 aromatic carbocycles. The summed E-state index contributed by atoms with van der Waals surface area (Å²) in [5.74, 6) is -0.370. The lowest BCUT2D eigenvalue weighted by molar-refractivity contribution is 0.228. The van der Waals surface area contributed by atoms with Crippen molar-refractivity contribution in [2.75, 3.05) is 6.61 Å². The molecule has 5 nitrogen and oxygen atoms in total. The molecule has 0 fully saturated rings. The highest BCUT2D eigenvalue weighted by molar-refractivity contribution is 5.85. The first kappa shape index (κ1) is 21.9. The fourth-order valence-electron chi connectivity index (χ4n) is 4.18. The molecule has 7 heteroatoms. The van der Waals surface area contributed by atoms with Crippen molar-refractivity contribution >= 4 is 10.9 Å². The molecule has 0 saturated heterocycles. The van der Waals surface area contributed by atoms with E-state index in [1.54, 1.807) is 19.3 Å². The summed E-state index contributed by atoms with van der Waals surface area (Å²) < 4.78 is 35.4. The van der Waals surface area contributed by atoms with Gasteiger partial charge < -0.3 is 19.8 Å². The minimum atomic E-state index is -0.771. The fraction of sp³-hybridized carbons (Fsp3) is 0.148. The van der Waals surface area contributed by atoms with E-state index >= 15 is 0 Å². The first-order valence-corrected chi connectivity index (χ1v) is 10.9. The van der Waals surface area contributed by atoms with Crippen molar-refractivity contribution < 1.29 is 18.6 Å². The molecular weight excluding hydrogens is 436 g/mol. The molecule has 0 radical (unpaired) electrons. The number of benzene rings is 3. The maximum absolute atomic E-state index is 14.8. The second kappa shape index (κ2) is 8.43. The van der Waals surface area contributed by atoms with Gasteiger partial charge in [0.15, 0.2) is 11.6 Å². The molecule has 0 aliphatic heterocycles. The van der Waals surface area contributed by atoms with Gasteiger partial charge in [0.05, 0.1) is 23.3 Å². The number of aliphatic hydroxyl groups is 1. The highest BCUT2D eigenvalue weighted by Crippen LogP contribution is 2.36. The van der Waals surface area contributed by atoms with Crippen LogP contribution in [-0.4, -0.2) is 26.7 Å². The van der Waals surface area contributed by atoms with E-state index in [1.807, 2.05) is 43.3 Å². The normalized spacial score (nSPS) is 13.2. The van der Waals surface area contributed by atoms with E-state index in [9.17, 15) is 13.9 Å². The number of ether oxygens (including phenoxy) is 1. The lowest BCUT2D eigenvalue weighted by Gasteiger charge is -2.25. The second-order valence-corrected chi connectivity index (χ2v) is 8.49. The Morgan fingerprint density at radius 1 is 1.00 bits per heavy atom. The van der Waals surface area contributed by atoms with E-state index < -0.39 is 17.0 Å². The Bertz CT molecular complexity index is 1480. The quantitative estimate of drug-likeness (QED) is 0.282. The van der Waals surface area contributed by atoms with Crippen LogP contribution in [0.15, 0.2) is 73.1 Å². The van der Waals surface area contributed by atoms with Crippen LogP contribution in [0.5, 0.6) is 11.5 Å². The van der Waals surface area contributed by atoms with Crippen LogP contribution in [-0.2, 0) is 5.41 Å². The SMILES string of the molecule is Cc1c(Oc2ccc(F)c(-c3nc(C(C)(CO)c4ccccc4)c[nH]3)c2)c(F)cc2[nH]ccc12. The molecule has 5 aromatic rings. The van der Waals surface area contributed by atoms with E-state index in [4.69, 9.17) is 4.74 Å². The molecule has 1 unspecified atom stereocenters. The van der Waals surface area contributed by atoms with Crippen molar-refractivity contribution in [2.24, 2.45) is 0 Å². The predicted octanol–water partition coefficient (Wildman–Crippen LogP) is 6.24. The first-order chi connectivity index (χ1) is 16.4. The predicted molar refractivity (Wildman–Crippen MR) is 127 cm³/mol. The van der Waals surface area contributed by atoms with Crippen LogP contribution in [0.25, 0.3) is 22.3 Å². The zero-order chi connectivity index (χ0) is 23.9. The summed E-state index contributed by atoms with van der Waals surface area (Å²) in [4.78, 5) is 10.6. The van der Waals surface area contributed by atoms with Crippen LogP contribution in [0.1, 0.15) is 23.7 Å². The monoisotopic (exact) mass is 459 g/mol. The number of H-pyrrole nitrogens is 2. The van der Waals surface area contributed by atoms with Gasteiger partial charge in [0.25, 0.3) is 0 Å². The summed E-state index contributed by atoms with van der Waals surface area (Å²) in [6, 6.07) is 16.9. The maximum Gasteiger partial charge on any atom is 0.168 e. The van der Waals surface area contributed by atoms with Crippen LogP contribution in [0, 0.1) is 18.6 Å². The van der Waals surface area contributed by atoms with Gasteiger partial charge in [-0.15, -0.1) is 0 Å². The number of nitrogens with one attached hydrogen (secondary N) is 2. The minimum absolute atomic E-state index is 0.0849. The zero-order valence-electron chi connectivity index (χ0n) is 18.7. The lowest BCUT2D eigenvalue weighted by atomic mass is 9.80. The molecule has 3 N–H and O–H groups in total. The summed E-state index contributed by atoms with van der Waals surface area (Å²) in [7, 11) is 0. The van der Waals surface area contributed by atoms with E-state index in [0.717, 1.165) is 10.9 Å². The molecule has 2 aromatic heterocycles. The average molecular weight is 459 g/mol. The largest absolute Gasteiger partial charge is 0.454 e. The zero-order valence-corrected chi connectivity index (χ0v) is 18.7. The van der Waals surface area contributed by atoms with Gasteiger partial charge in [-0.05, 0) is 43.7 Å². The Hall–Kier alpha value is -3.97. The number of nitrogens with zero attached hydrogens (tertiary/aromatic N) is 1. The standard InChI is InChI=1S/C27H23F2N3O2/c1-16-19-10-11-30-23(19)13-22(29)25(16)34-18-8-9-21(28)20(12-18)26-31-14-24(32-26)27(2,15-33)17-6-4-3-5-7-17/h3-14,30,33H,15H2,1-2H3,(H,31,32). The number of hydrogen-bond acceptors (Lipinski definition) is 3. The smallest absolute Gasteiger partial charge is 0.168 e. The van der Waals surface area contributed by atoms with Gasteiger partial charge in [-0.1, -0.05) is 30.3 Å². The summed E-state index contributed by atoms with van der Waals surface area (Å²) in [6.45, 7) is 3.48. The first-order valence-electron chi connectivity index (χ1n) is 10.9. The van der Waals surface area contributed by atoms with Gasteiger partial charge in [0.2, 0.25) is 0 Å². The van der Waals surface area contributed by atoms with Gasteiger partial charge in [-0.2, -0.15) is 0 Å². The van der Waals surface area contributed by atoms with Crippen LogP contribution in [0.4, 0.5) is 8.78 Å². The van der Waals surface area contributed by atoms with E-state index in [2.05, 4.69) is 15.0 Å². The molecule has 0 aliphatic rings. The summed E-state index contributed by atoms with van der Waals surface area (Å²) in [5.41, 5.74) is 2.19. The lowest BCUT2D eigenvalue weighted by Crippen LogP contribution is -2.28. The van der Waals surface area contributed by atoms with E-state index in [1.165, 1.54) is 24.3 Å². The maximum atomic E-state index is 14.8. The third-order valence-corrected chi connectivity index (χ3v) is 6.29. The van der Waals surface area contributed by atoms with Crippen molar-refractivity contribution in [3.63, 3.8) is 0 Å². The van der Waals surface area contributed by atoms with E-state index in [-0.39, 0.29) is 29.5 Å². The van der Waals surface area contributed by atoms with Crippen molar-refractivity contribution in [1.82, 2.24) is 15.0 Å². The topological polar surface area (TPSA) is 73.9 Å². The Labute approximate surface area is 195 Å². The van der Waals surface area contributed by atoms with Crippen LogP contribution < -0.4 is 4.74 Å². The number of hydrogen-bond donors (Lipinski definition) is 3. The number of aliphatic hydroxyl groups excluding tert-OH is 1. The molecule has 0 saturated carbocycles. The molecule has 0 aliphatic carbocycles. The van der Waals surface area contributed by atoms with Gasteiger partial charge >= 0.3 is 0 Å². The van der Waals surface area contributed by atoms with Crippen molar-refractivity contribution in [1.29, 1.82) is 0 Å². The summed E-state index contributed by atoms with van der Waals surface area (Å²) in [5, 5.41) is 11.0. The third-order valence-electron chi connectivity index (χ3n) is 6.29. The average Bonchev–Trinajstić information content (AvgIpc) is 3.53. The fourth-order valence-corrected chi connectivity index (χ4v) is 4.18. The Balaban J connectivity index is 1.51. The molecule has 0 spiro atoms. The molecule has 0 bridgehead atoms. The Morgan fingerprint density at radius 3 is 2.56 bits per heavy atom. The highest BCUT2D eigenvalue weighted by Gasteiger charge is 2.31. The van der Waals surface area contributed by atoms with Crippen molar-refractivity contribution in [3.8, 4) is 22.9 Å². The molecule has 34 heavy (non-hydrogen) atoms. The molecule has 5 rings (SSSR count). The molecule has 2 heterocycles. The van der Waals surface area contributed by atoms with Gasteiger partial charge in [0, 0.05) is 34.9 Å². The van der Waals surface area contributed by atoms with Crippen molar-refractivity contribution in [3.05, 3.63) is 102 Å². The van der Waals surface area contributed by atoms with Crippen molar-refractivity contribution in [2.45, 2.75) is 19.3 Å². The Morgan fingerprint density at radius 2 is 1.79 bits per heavy atom. The van der Waals surface area contributed by atoms with Gasteiger partial charge in [-0.3, -0.25) is 0 Å². The third kappa shape index (κ3) is 3.64. The van der Waals surface area contributed by atoms with Crippen LogP contribution in [0.2, 0.25) is 0 Å². The van der Waals surface area contributed by atoms with Gasteiger partial charge in [-0.25, -0.2) is 13.8 Å². The minimum Gasteiger partial charge on any atom is -0.454 e. The second-order valence-electron chi connectivity index (χ2n) is 8.49. The van der Waals surface area contributed by atoms with E-state index in [0.29, 0.717) is 16.8 Å². The van der Waals surface area contributed by atoms with Crippen LogP contribution >= 0.6 is 0 Å². The number of fused-ring (bicyclic) bond motifs is 1. The number of halogens is 2. The summed E-state index contributed by atoms with van der Waals surface area (Å²) >= 11 is 0. The molecular formula is C27H23F2N3O2. The van der Waals surface area contributed by atoms with Crippen LogP contribution in [0.3, 0.4) is 0 Å². The number of aromatic nitrogens is 3. The Kier molecular flexibility index (Phi) is 5.42. The number of aromatic amines is 2. The molecule has 172 valence electrons. The number of imidazole rings is 1. The van der Waals surface area contributed by atoms with Gasteiger partial charge in [0.1, 0.15) is 17.4 Å². The number of aryl methyl sites for hydroxylation is 1. The number of rotatable bonds is 6. The summed E-state index contributed by atoms with van der Waals surface area (Å²) in [6.07, 6.45) is 3.40. The highest BCUT2D eigenvalue weighted by atomic mass is 19.1. The molecule has 1 atom stereocenters. The molecule has 0 amide bonds.